The number of amides is 3. The number of ether oxygens (including phenoxy) is 1. The van der Waals surface area contributed by atoms with Crippen molar-refractivity contribution in [1.29, 1.82) is 5.26 Å². The van der Waals surface area contributed by atoms with E-state index in [0.29, 0.717) is 31.0 Å². The number of H-pyrrole nitrogens is 1. The first-order chi connectivity index (χ1) is 16.5. The summed E-state index contributed by atoms with van der Waals surface area (Å²) in [4.78, 5) is 43.8. The van der Waals surface area contributed by atoms with Gasteiger partial charge in [0, 0.05) is 29.9 Å². The highest BCUT2D eigenvalue weighted by molar-refractivity contribution is 6.02. The average molecular weight is 464 g/mol. The molecule has 9 nitrogen and oxygen atoms in total. The van der Waals surface area contributed by atoms with E-state index in [9.17, 15) is 19.6 Å². The number of nitrogens with zero attached hydrogens (tertiary/aromatic N) is 2. The third kappa shape index (κ3) is 3.87. The highest BCUT2D eigenvalue weighted by Crippen LogP contribution is 2.43. The number of likely N-dealkylation sites (tertiary alicyclic amines) is 1. The fourth-order valence-electron chi connectivity index (χ4n) is 5.98. The summed E-state index contributed by atoms with van der Waals surface area (Å²) in [6, 6.07) is 8.10. The Bertz CT molecular complexity index is 1170. The second-order valence-electron chi connectivity index (χ2n) is 9.56. The SMILES string of the molecule is COc1cccc2[nH]c(C(=O)N3C[C@H]4CCC[C@H]4C3C(=O)N[C@H](C#N)C[C@@H]3CCNC3=O)cc12. The number of aromatic nitrogens is 1. The molecule has 2 saturated heterocycles. The quantitative estimate of drug-likeness (QED) is 0.603. The minimum Gasteiger partial charge on any atom is -0.496 e. The lowest BCUT2D eigenvalue weighted by molar-refractivity contribution is -0.127. The molecule has 0 bridgehead atoms. The van der Waals surface area contributed by atoms with Crippen LogP contribution in [0, 0.1) is 29.1 Å². The van der Waals surface area contributed by atoms with Crippen molar-refractivity contribution in [3.63, 3.8) is 0 Å². The molecular weight excluding hydrogens is 434 g/mol. The second-order valence-corrected chi connectivity index (χ2v) is 9.56. The number of nitrogens with one attached hydrogen (secondary N) is 3. The van der Waals surface area contributed by atoms with Gasteiger partial charge < -0.3 is 25.3 Å². The van der Waals surface area contributed by atoms with Crippen LogP contribution in [0.15, 0.2) is 24.3 Å². The number of methoxy groups -OCH3 is 1. The lowest BCUT2D eigenvalue weighted by Gasteiger charge is -2.28. The van der Waals surface area contributed by atoms with Crippen molar-refractivity contribution in [3.8, 4) is 11.8 Å². The Balaban J connectivity index is 1.37. The van der Waals surface area contributed by atoms with Crippen molar-refractivity contribution in [2.75, 3.05) is 20.2 Å². The van der Waals surface area contributed by atoms with Crippen molar-refractivity contribution in [2.45, 2.75) is 44.2 Å². The Morgan fingerprint density at radius 3 is 2.91 bits per heavy atom. The molecule has 5 rings (SSSR count). The molecule has 0 spiro atoms. The fraction of sp³-hybridized carbons (Fsp3) is 0.520. The van der Waals surface area contributed by atoms with Gasteiger partial charge >= 0.3 is 0 Å². The molecule has 1 aliphatic carbocycles. The van der Waals surface area contributed by atoms with Gasteiger partial charge in [0.25, 0.3) is 5.91 Å². The summed E-state index contributed by atoms with van der Waals surface area (Å²) in [7, 11) is 1.59. The summed E-state index contributed by atoms with van der Waals surface area (Å²) < 4.78 is 5.42. The lowest BCUT2D eigenvalue weighted by Crippen LogP contribution is -2.51. The van der Waals surface area contributed by atoms with E-state index in [-0.39, 0.29) is 41.9 Å². The summed E-state index contributed by atoms with van der Waals surface area (Å²) in [5.41, 5.74) is 1.21. The first-order valence-electron chi connectivity index (χ1n) is 11.9. The Morgan fingerprint density at radius 1 is 1.32 bits per heavy atom. The molecule has 2 aromatic rings. The molecule has 0 radical (unpaired) electrons. The number of carbonyl (C=O) groups excluding carboxylic acids is 3. The van der Waals surface area contributed by atoms with Crippen molar-refractivity contribution < 1.29 is 19.1 Å². The summed E-state index contributed by atoms with van der Waals surface area (Å²) in [5, 5.41) is 16.1. The van der Waals surface area contributed by atoms with E-state index in [1.165, 1.54) is 0 Å². The van der Waals surface area contributed by atoms with Crippen LogP contribution in [0.5, 0.6) is 5.75 Å². The molecular formula is C25H29N5O4. The van der Waals surface area contributed by atoms with Crippen molar-refractivity contribution in [3.05, 3.63) is 30.0 Å². The third-order valence-corrected chi connectivity index (χ3v) is 7.65. The van der Waals surface area contributed by atoms with Gasteiger partial charge in [-0.3, -0.25) is 14.4 Å². The van der Waals surface area contributed by atoms with E-state index in [4.69, 9.17) is 4.74 Å². The minimum atomic E-state index is -0.768. The fourth-order valence-corrected chi connectivity index (χ4v) is 5.98. The zero-order chi connectivity index (χ0) is 23.8. The maximum Gasteiger partial charge on any atom is 0.271 e. The van der Waals surface area contributed by atoms with Crippen LogP contribution in [0.3, 0.4) is 0 Å². The van der Waals surface area contributed by atoms with Crippen LogP contribution in [-0.2, 0) is 9.59 Å². The molecule has 1 aromatic heterocycles. The van der Waals surface area contributed by atoms with Crippen LogP contribution in [0.1, 0.15) is 42.6 Å². The molecule has 3 fully saturated rings. The van der Waals surface area contributed by atoms with Crippen LogP contribution in [0.4, 0.5) is 0 Å². The number of fused-ring (bicyclic) bond motifs is 2. The zero-order valence-corrected chi connectivity index (χ0v) is 19.2. The topological polar surface area (TPSA) is 127 Å². The number of benzene rings is 1. The van der Waals surface area contributed by atoms with Gasteiger partial charge in [-0.15, -0.1) is 0 Å². The zero-order valence-electron chi connectivity index (χ0n) is 19.2. The van der Waals surface area contributed by atoms with Crippen LogP contribution >= 0.6 is 0 Å². The van der Waals surface area contributed by atoms with Gasteiger partial charge in [-0.25, -0.2) is 0 Å². The summed E-state index contributed by atoms with van der Waals surface area (Å²) in [5.74, 6) is 0.159. The molecule has 3 N–H and O–H groups in total. The normalized spacial score (nSPS) is 26.7. The van der Waals surface area contributed by atoms with Gasteiger partial charge in [-0.1, -0.05) is 12.5 Å². The van der Waals surface area contributed by atoms with Crippen LogP contribution in [-0.4, -0.2) is 59.9 Å². The van der Waals surface area contributed by atoms with E-state index >= 15 is 0 Å². The Labute approximate surface area is 197 Å². The predicted octanol–water partition coefficient (Wildman–Crippen LogP) is 1.95. The van der Waals surface area contributed by atoms with Crippen molar-refractivity contribution >= 4 is 28.6 Å². The third-order valence-electron chi connectivity index (χ3n) is 7.65. The van der Waals surface area contributed by atoms with Gasteiger partial charge in [-0.05, 0) is 55.7 Å². The number of hydrogen-bond donors (Lipinski definition) is 3. The number of rotatable bonds is 6. The summed E-state index contributed by atoms with van der Waals surface area (Å²) in [6.07, 6.45) is 3.85. The van der Waals surface area contributed by atoms with Gasteiger partial charge in [0.1, 0.15) is 23.5 Å². The minimum absolute atomic E-state index is 0.0720. The van der Waals surface area contributed by atoms with E-state index < -0.39 is 12.1 Å². The summed E-state index contributed by atoms with van der Waals surface area (Å²) in [6.45, 7) is 1.12. The molecule has 34 heavy (non-hydrogen) atoms. The van der Waals surface area contributed by atoms with E-state index in [1.54, 1.807) is 18.1 Å². The van der Waals surface area contributed by atoms with Crippen LogP contribution in [0.25, 0.3) is 10.9 Å². The first-order valence-corrected chi connectivity index (χ1v) is 11.9. The smallest absolute Gasteiger partial charge is 0.271 e. The molecule has 1 aromatic carbocycles. The highest BCUT2D eigenvalue weighted by atomic mass is 16.5. The Morgan fingerprint density at radius 2 is 2.18 bits per heavy atom. The van der Waals surface area contributed by atoms with E-state index in [2.05, 4.69) is 21.7 Å². The van der Waals surface area contributed by atoms with Gasteiger partial charge in [0.15, 0.2) is 0 Å². The maximum absolute atomic E-state index is 13.6. The molecule has 3 heterocycles. The van der Waals surface area contributed by atoms with E-state index in [0.717, 1.165) is 30.2 Å². The van der Waals surface area contributed by atoms with Gasteiger partial charge in [0.05, 0.1) is 13.2 Å². The molecule has 3 amide bonds. The van der Waals surface area contributed by atoms with Crippen LogP contribution in [0.2, 0.25) is 0 Å². The number of aromatic amines is 1. The molecule has 2 aliphatic heterocycles. The standard InChI is InChI=1S/C25H29N5O4/c1-34-21-7-3-6-19-18(21)11-20(29-19)25(33)30-13-15-4-2-5-17(15)22(30)24(32)28-16(12-26)10-14-8-9-27-23(14)31/h3,6-7,11,14-17,22,29H,2,4-5,8-10,13H2,1H3,(H,27,31)(H,28,32)/t14-,15+,16-,17+,22?/m0/s1. The number of carbonyl (C=O) groups is 3. The monoisotopic (exact) mass is 463 g/mol. The van der Waals surface area contributed by atoms with Crippen LogP contribution < -0.4 is 15.4 Å². The molecule has 5 atom stereocenters. The molecule has 9 heteroatoms. The predicted molar refractivity (Wildman–Crippen MR) is 124 cm³/mol. The highest BCUT2D eigenvalue weighted by Gasteiger charge is 2.50. The summed E-state index contributed by atoms with van der Waals surface area (Å²) >= 11 is 0. The molecule has 1 saturated carbocycles. The maximum atomic E-state index is 13.6. The molecule has 1 unspecified atom stereocenters. The van der Waals surface area contributed by atoms with Gasteiger partial charge in [-0.2, -0.15) is 5.26 Å². The first kappa shape index (κ1) is 22.3. The Kier molecular flexibility index (Phi) is 5.90. The Hall–Kier alpha value is -3.54. The van der Waals surface area contributed by atoms with Gasteiger partial charge in [0.2, 0.25) is 11.8 Å². The lowest BCUT2D eigenvalue weighted by atomic mass is 9.92. The van der Waals surface area contributed by atoms with Crippen molar-refractivity contribution in [2.24, 2.45) is 17.8 Å². The average Bonchev–Trinajstić information content (AvgIpc) is 3.61. The second kappa shape index (κ2) is 9.01. The molecule has 178 valence electrons. The number of nitriles is 1. The number of hydrogen-bond acceptors (Lipinski definition) is 5. The van der Waals surface area contributed by atoms with E-state index in [1.807, 2.05) is 18.2 Å². The molecule has 3 aliphatic rings. The van der Waals surface area contributed by atoms with Crippen molar-refractivity contribution in [1.82, 2.24) is 20.5 Å². The largest absolute Gasteiger partial charge is 0.496 e.